The van der Waals surface area contributed by atoms with Gasteiger partial charge in [0, 0.05) is 6.54 Å². The Morgan fingerprint density at radius 1 is 1.67 bits per heavy atom. The molecule has 0 spiro atoms. The van der Waals surface area contributed by atoms with Gasteiger partial charge >= 0.3 is 0 Å². The van der Waals surface area contributed by atoms with Crippen LogP contribution in [-0.4, -0.2) is 25.5 Å². The second kappa shape index (κ2) is 4.92. The van der Waals surface area contributed by atoms with Crippen molar-refractivity contribution >= 4 is 44.3 Å². The van der Waals surface area contributed by atoms with Crippen LogP contribution in [0.4, 0.5) is 0 Å². The molecule has 1 N–H and O–H groups in total. The Balaban J connectivity index is 2.85. The lowest BCUT2D eigenvalue weighted by Gasteiger charge is -2.03. The molecule has 92 valence electrons. The first-order chi connectivity index (χ1) is 8.62. The van der Waals surface area contributed by atoms with Gasteiger partial charge in [-0.05, 0) is 28.9 Å². The quantitative estimate of drug-likeness (QED) is 0.397. The second-order valence-corrected chi connectivity index (χ2v) is 4.51. The highest BCUT2D eigenvalue weighted by Gasteiger charge is 2.18. The number of nitrogens with zero attached hydrogens (tertiary/aromatic N) is 5. The predicted octanol–water partition coefficient (Wildman–Crippen LogP) is 2.57. The normalized spacial score (nSPS) is 11.8. The third-order valence-corrected chi connectivity index (χ3v) is 3.07. The van der Waals surface area contributed by atoms with Gasteiger partial charge in [0.25, 0.3) is 0 Å². The summed E-state index contributed by atoms with van der Waals surface area (Å²) in [5.74, 6) is 0.263. The van der Waals surface area contributed by atoms with E-state index in [9.17, 15) is 0 Å². The molecule has 0 atom stereocenters. The van der Waals surface area contributed by atoms with Crippen LogP contribution in [0.1, 0.15) is 12.7 Å². The third kappa shape index (κ3) is 1.94. The van der Waals surface area contributed by atoms with Crippen molar-refractivity contribution in [3.05, 3.63) is 21.6 Å². The number of aryl methyl sites for hydroxylation is 1. The minimum absolute atomic E-state index is 0.166. The molecular formula is C10H7BrClN5O. The second-order valence-electron chi connectivity index (χ2n) is 3.34. The van der Waals surface area contributed by atoms with Gasteiger partial charge in [0.05, 0.1) is 5.52 Å². The maximum atomic E-state index is 8.90. The van der Waals surface area contributed by atoms with Crippen molar-refractivity contribution in [3.63, 3.8) is 0 Å². The number of rotatable bonds is 2. The topological polar surface area (TPSA) is 87.1 Å². The monoisotopic (exact) mass is 327 g/mol. The Kier molecular flexibility index (Phi) is 3.50. The molecule has 0 fully saturated rings. The number of oxime groups is 1. The van der Waals surface area contributed by atoms with Crippen LogP contribution in [0.3, 0.4) is 0 Å². The fourth-order valence-electron chi connectivity index (χ4n) is 1.67. The summed E-state index contributed by atoms with van der Waals surface area (Å²) in [5, 5.41) is 20.9. The minimum atomic E-state index is -0.166. The summed E-state index contributed by atoms with van der Waals surface area (Å²) in [7, 11) is 0. The molecule has 0 bridgehead atoms. The Labute approximate surface area is 116 Å². The van der Waals surface area contributed by atoms with Crippen LogP contribution < -0.4 is 0 Å². The number of fused-ring (bicyclic) bond motifs is 1. The number of hydrogen-bond donors (Lipinski definition) is 1. The maximum Gasteiger partial charge on any atom is 0.222 e. The van der Waals surface area contributed by atoms with Crippen LogP contribution in [0, 0.1) is 11.3 Å². The number of nitriles is 1. The molecule has 2 aromatic rings. The zero-order chi connectivity index (χ0) is 13.3. The van der Waals surface area contributed by atoms with Gasteiger partial charge in [0.1, 0.15) is 16.2 Å². The fraction of sp³-hybridized carbons (Fsp3) is 0.200. The van der Waals surface area contributed by atoms with Gasteiger partial charge in [-0.1, -0.05) is 16.8 Å². The summed E-state index contributed by atoms with van der Waals surface area (Å²) in [4.78, 5) is 8.22. The van der Waals surface area contributed by atoms with E-state index in [1.807, 2.05) is 6.92 Å². The Morgan fingerprint density at radius 3 is 2.94 bits per heavy atom. The van der Waals surface area contributed by atoms with E-state index >= 15 is 0 Å². The number of imidazole rings is 1. The molecule has 0 aromatic carbocycles. The average molecular weight is 329 g/mol. The van der Waals surface area contributed by atoms with E-state index in [2.05, 4.69) is 31.1 Å². The summed E-state index contributed by atoms with van der Waals surface area (Å²) in [6.07, 6.45) is 0. The lowest BCUT2D eigenvalue weighted by atomic mass is 10.4. The number of aromatic nitrogens is 3. The van der Waals surface area contributed by atoms with Crippen LogP contribution >= 0.6 is 27.5 Å². The number of pyridine rings is 1. The smallest absolute Gasteiger partial charge is 0.222 e. The molecule has 2 heterocycles. The van der Waals surface area contributed by atoms with E-state index in [4.69, 9.17) is 22.1 Å². The summed E-state index contributed by atoms with van der Waals surface area (Å²) in [6, 6.07) is 3.52. The summed E-state index contributed by atoms with van der Waals surface area (Å²) in [5.41, 5.74) is 1.02. The van der Waals surface area contributed by atoms with Crippen LogP contribution in [0.25, 0.3) is 11.0 Å². The van der Waals surface area contributed by atoms with Crippen LogP contribution in [0.15, 0.2) is 15.8 Å². The van der Waals surface area contributed by atoms with E-state index < -0.39 is 0 Å². The highest BCUT2D eigenvalue weighted by atomic mass is 79.9. The molecule has 0 amide bonds. The van der Waals surface area contributed by atoms with Crippen LogP contribution in [0.2, 0.25) is 5.15 Å². The summed E-state index contributed by atoms with van der Waals surface area (Å²) < 4.78 is 2.30. The minimum Gasteiger partial charge on any atom is -0.410 e. The van der Waals surface area contributed by atoms with Gasteiger partial charge < -0.3 is 9.77 Å². The van der Waals surface area contributed by atoms with Gasteiger partial charge in [0.15, 0.2) is 11.0 Å². The summed E-state index contributed by atoms with van der Waals surface area (Å²) in [6.45, 7) is 2.44. The largest absolute Gasteiger partial charge is 0.410 e. The van der Waals surface area contributed by atoms with Gasteiger partial charge in [-0.15, -0.1) is 0 Å². The molecule has 0 saturated heterocycles. The van der Waals surface area contributed by atoms with Crippen LogP contribution in [0.5, 0.6) is 0 Å². The first-order valence-corrected chi connectivity index (χ1v) is 6.14. The highest BCUT2D eigenvalue weighted by molar-refractivity contribution is 9.10. The van der Waals surface area contributed by atoms with Crippen molar-refractivity contribution in [1.29, 1.82) is 5.26 Å². The molecule has 0 aliphatic heterocycles. The first kappa shape index (κ1) is 12.8. The Hall–Kier alpha value is -1.65. The maximum absolute atomic E-state index is 8.90. The zero-order valence-corrected chi connectivity index (χ0v) is 11.6. The molecule has 0 saturated carbocycles. The van der Waals surface area contributed by atoms with Crippen molar-refractivity contribution < 1.29 is 5.21 Å². The Bertz CT molecular complexity index is 688. The number of halogens is 2. The molecule has 18 heavy (non-hydrogen) atoms. The molecule has 0 aliphatic rings. The average Bonchev–Trinajstić information content (AvgIpc) is 2.69. The Morgan fingerprint density at radius 2 is 2.39 bits per heavy atom. The number of hydrogen-bond acceptors (Lipinski definition) is 5. The fourth-order valence-corrected chi connectivity index (χ4v) is 2.40. The van der Waals surface area contributed by atoms with Gasteiger partial charge in [-0.3, -0.25) is 0 Å². The first-order valence-electron chi connectivity index (χ1n) is 4.97. The standard InChI is InChI=1S/C10H7BrClN5O/c1-2-17-6-3-7(11)14-9(12)8(6)15-10(17)5(4-13)16-18/h3,18H,2H2,1H3/b16-5+. The molecule has 0 aliphatic carbocycles. The lowest BCUT2D eigenvalue weighted by Crippen LogP contribution is -2.08. The molecule has 2 aromatic heterocycles. The van der Waals surface area contributed by atoms with E-state index in [0.717, 1.165) is 5.52 Å². The van der Waals surface area contributed by atoms with E-state index in [1.165, 1.54) is 0 Å². The third-order valence-electron chi connectivity index (χ3n) is 2.40. The predicted molar refractivity (Wildman–Crippen MR) is 69.8 cm³/mol. The van der Waals surface area contributed by atoms with Crippen LogP contribution in [-0.2, 0) is 6.54 Å². The highest BCUT2D eigenvalue weighted by Crippen LogP contribution is 2.25. The van der Waals surface area contributed by atoms with Crippen molar-refractivity contribution in [2.45, 2.75) is 13.5 Å². The molecular weight excluding hydrogens is 322 g/mol. The van der Waals surface area contributed by atoms with Crippen molar-refractivity contribution in [3.8, 4) is 6.07 Å². The van der Waals surface area contributed by atoms with Gasteiger partial charge in [0.2, 0.25) is 5.71 Å². The summed E-state index contributed by atoms with van der Waals surface area (Å²) >= 11 is 9.24. The van der Waals surface area contributed by atoms with Crippen molar-refractivity contribution in [2.24, 2.45) is 5.16 Å². The molecule has 0 unspecified atom stereocenters. The lowest BCUT2D eigenvalue weighted by molar-refractivity contribution is 0.319. The molecule has 6 nitrogen and oxygen atoms in total. The van der Waals surface area contributed by atoms with Gasteiger partial charge in [-0.2, -0.15) is 5.26 Å². The van der Waals surface area contributed by atoms with Gasteiger partial charge in [-0.25, -0.2) is 9.97 Å². The van der Waals surface area contributed by atoms with Crippen molar-refractivity contribution in [1.82, 2.24) is 14.5 Å². The zero-order valence-electron chi connectivity index (χ0n) is 9.22. The van der Waals surface area contributed by atoms with E-state index in [0.29, 0.717) is 16.7 Å². The van der Waals surface area contributed by atoms with E-state index in [1.54, 1.807) is 16.7 Å². The van der Waals surface area contributed by atoms with Crippen molar-refractivity contribution in [2.75, 3.05) is 0 Å². The molecule has 8 heteroatoms. The molecule has 0 radical (unpaired) electrons. The SMILES string of the molecule is CCn1c(/C(C#N)=N/O)nc2c(Cl)nc(Br)cc21. The molecule has 2 rings (SSSR count). The van der Waals surface area contributed by atoms with E-state index in [-0.39, 0.29) is 16.7 Å².